The lowest BCUT2D eigenvalue weighted by atomic mass is 10.1. The third-order valence-electron chi connectivity index (χ3n) is 2.67. The summed E-state index contributed by atoms with van der Waals surface area (Å²) < 4.78 is 9.96. The number of piperidine rings is 1. The second-order valence-electron chi connectivity index (χ2n) is 4.07. The smallest absolute Gasteiger partial charge is 0.328 e. The molecule has 0 spiro atoms. The average molecular weight is 244 g/mol. The maximum Gasteiger partial charge on any atom is 0.328 e. The first-order valence-electron chi connectivity index (χ1n) is 5.83. The number of amides is 1. The average Bonchev–Trinajstić information content (AvgIpc) is 2.36. The predicted octanol–water partition coefficient (Wildman–Crippen LogP) is -0.567. The largest absolute Gasteiger partial charge is 0.467 e. The summed E-state index contributed by atoms with van der Waals surface area (Å²) in [6, 6.07) is -0.635. The Balaban J connectivity index is 2.18. The van der Waals surface area contributed by atoms with E-state index < -0.39 is 12.0 Å². The lowest BCUT2D eigenvalue weighted by molar-refractivity contribution is -0.145. The number of nitrogens with one attached hydrogen (secondary N) is 2. The van der Waals surface area contributed by atoms with Crippen molar-refractivity contribution >= 4 is 11.9 Å². The molecule has 17 heavy (non-hydrogen) atoms. The van der Waals surface area contributed by atoms with Gasteiger partial charge in [0.2, 0.25) is 5.91 Å². The van der Waals surface area contributed by atoms with E-state index in [-0.39, 0.29) is 18.6 Å². The van der Waals surface area contributed by atoms with Gasteiger partial charge in [-0.2, -0.15) is 0 Å². The van der Waals surface area contributed by atoms with Crippen molar-refractivity contribution in [1.82, 2.24) is 10.6 Å². The van der Waals surface area contributed by atoms with Gasteiger partial charge in [-0.25, -0.2) is 4.79 Å². The van der Waals surface area contributed by atoms with Crippen molar-refractivity contribution in [3.63, 3.8) is 0 Å². The maximum absolute atomic E-state index is 11.5. The van der Waals surface area contributed by atoms with E-state index in [4.69, 9.17) is 4.74 Å². The molecule has 0 radical (unpaired) electrons. The van der Waals surface area contributed by atoms with Gasteiger partial charge in [-0.1, -0.05) is 0 Å². The fourth-order valence-corrected chi connectivity index (χ4v) is 1.67. The van der Waals surface area contributed by atoms with Gasteiger partial charge in [-0.05, 0) is 32.9 Å². The Hall–Kier alpha value is -1.14. The number of methoxy groups -OCH3 is 1. The third kappa shape index (κ3) is 5.14. The van der Waals surface area contributed by atoms with Crippen molar-refractivity contribution < 1.29 is 19.1 Å². The van der Waals surface area contributed by atoms with E-state index in [0.717, 1.165) is 25.9 Å². The molecule has 98 valence electrons. The third-order valence-corrected chi connectivity index (χ3v) is 2.67. The molecule has 1 aliphatic heterocycles. The number of rotatable bonds is 5. The first kappa shape index (κ1) is 13.9. The molecule has 0 aromatic heterocycles. The van der Waals surface area contributed by atoms with Crippen molar-refractivity contribution in [2.45, 2.75) is 31.9 Å². The zero-order valence-corrected chi connectivity index (χ0v) is 10.3. The molecule has 0 aliphatic carbocycles. The van der Waals surface area contributed by atoms with Gasteiger partial charge < -0.3 is 20.1 Å². The first-order chi connectivity index (χ1) is 8.13. The van der Waals surface area contributed by atoms with E-state index >= 15 is 0 Å². The summed E-state index contributed by atoms with van der Waals surface area (Å²) in [4.78, 5) is 22.5. The van der Waals surface area contributed by atoms with Crippen molar-refractivity contribution in [2.24, 2.45) is 0 Å². The van der Waals surface area contributed by atoms with Gasteiger partial charge in [0, 0.05) is 0 Å². The highest BCUT2D eigenvalue weighted by atomic mass is 16.5. The normalized spacial score (nSPS) is 18.5. The minimum atomic E-state index is -0.635. The summed E-state index contributed by atoms with van der Waals surface area (Å²) in [5.74, 6) is -0.748. The van der Waals surface area contributed by atoms with Crippen molar-refractivity contribution in [3.8, 4) is 0 Å². The van der Waals surface area contributed by atoms with Gasteiger partial charge in [-0.3, -0.25) is 4.79 Å². The summed E-state index contributed by atoms with van der Waals surface area (Å²) >= 11 is 0. The summed E-state index contributed by atoms with van der Waals surface area (Å²) in [6.07, 6.45) is 1.97. The number of carbonyl (C=O) groups is 2. The van der Waals surface area contributed by atoms with Gasteiger partial charge in [0.15, 0.2) is 0 Å². The van der Waals surface area contributed by atoms with Crippen LogP contribution < -0.4 is 10.6 Å². The van der Waals surface area contributed by atoms with Crippen LogP contribution in [0.1, 0.15) is 19.8 Å². The molecule has 2 N–H and O–H groups in total. The van der Waals surface area contributed by atoms with Crippen molar-refractivity contribution in [3.05, 3.63) is 0 Å². The first-order valence-corrected chi connectivity index (χ1v) is 5.83. The molecule has 6 heteroatoms. The predicted molar refractivity (Wildman–Crippen MR) is 61.5 cm³/mol. The molecular formula is C11H20N2O4. The number of hydrogen-bond acceptors (Lipinski definition) is 5. The highest BCUT2D eigenvalue weighted by Gasteiger charge is 2.18. The maximum atomic E-state index is 11.5. The summed E-state index contributed by atoms with van der Waals surface area (Å²) in [6.45, 7) is 3.41. The second-order valence-corrected chi connectivity index (χ2v) is 4.07. The Labute approximate surface area is 101 Å². The molecule has 6 nitrogen and oxygen atoms in total. The SMILES string of the molecule is COC(=O)[C@H](C)NC(=O)COC1CCNCC1. The molecule has 0 unspecified atom stereocenters. The molecule has 0 saturated carbocycles. The van der Waals surface area contributed by atoms with E-state index in [2.05, 4.69) is 15.4 Å². The van der Waals surface area contributed by atoms with Crippen LogP contribution in [-0.2, 0) is 19.1 Å². The minimum absolute atomic E-state index is 0.00794. The molecule has 1 fully saturated rings. The van der Waals surface area contributed by atoms with Crippen LogP contribution in [0.3, 0.4) is 0 Å². The highest BCUT2D eigenvalue weighted by Crippen LogP contribution is 2.06. The molecule has 1 heterocycles. The molecule has 0 bridgehead atoms. The lowest BCUT2D eigenvalue weighted by Crippen LogP contribution is -2.42. The Bertz CT molecular complexity index is 264. The zero-order valence-electron chi connectivity index (χ0n) is 10.3. The Morgan fingerprint density at radius 3 is 2.65 bits per heavy atom. The second kappa shape index (κ2) is 7.24. The number of ether oxygens (including phenoxy) is 2. The van der Waals surface area contributed by atoms with Crippen LogP contribution in [-0.4, -0.2) is 50.8 Å². The van der Waals surface area contributed by atoms with Crippen LogP contribution in [0.25, 0.3) is 0 Å². The van der Waals surface area contributed by atoms with Crippen molar-refractivity contribution in [2.75, 3.05) is 26.8 Å². The monoisotopic (exact) mass is 244 g/mol. The quantitative estimate of drug-likeness (QED) is 0.634. The Morgan fingerprint density at radius 1 is 1.41 bits per heavy atom. The summed E-state index contributed by atoms with van der Waals surface area (Å²) in [5, 5.41) is 5.73. The highest BCUT2D eigenvalue weighted by molar-refractivity contribution is 5.84. The molecule has 1 saturated heterocycles. The molecule has 0 aromatic rings. The fraction of sp³-hybridized carbons (Fsp3) is 0.818. The van der Waals surface area contributed by atoms with Crippen LogP contribution in [0.5, 0.6) is 0 Å². The van der Waals surface area contributed by atoms with Crippen LogP contribution >= 0.6 is 0 Å². The molecule has 0 aromatic carbocycles. The summed E-state index contributed by atoms with van der Waals surface area (Å²) in [7, 11) is 1.29. The van der Waals surface area contributed by atoms with Gasteiger partial charge in [0.05, 0.1) is 13.2 Å². The van der Waals surface area contributed by atoms with Gasteiger partial charge >= 0.3 is 5.97 Å². The van der Waals surface area contributed by atoms with E-state index in [1.165, 1.54) is 7.11 Å². The van der Waals surface area contributed by atoms with Gasteiger partial charge in [0.1, 0.15) is 12.6 Å². The molecular weight excluding hydrogens is 224 g/mol. The van der Waals surface area contributed by atoms with Crippen LogP contribution in [0, 0.1) is 0 Å². The molecule has 1 rings (SSSR count). The number of carbonyl (C=O) groups excluding carboxylic acids is 2. The number of hydrogen-bond donors (Lipinski definition) is 2. The molecule has 1 atom stereocenters. The van der Waals surface area contributed by atoms with Crippen LogP contribution in [0.2, 0.25) is 0 Å². The molecule has 1 amide bonds. The summed E-state index contributed by atoms with van der Waals surface area (Å²) in [5.41, 5.74) is 0. The van der Waals surface area contributed by atoms with E-state index in [1.54, 1.807) is 6.92 Å². The van der Waals surface area contributed by atoms with Gasteiger partial charge in [0.25, 0.3) is 0 Å². The van der Waals surface area contributed by atoms with E-state index in [9.17, 15) is 9.59 Å². The molecule has 1 aliphatic rings. The minimum Gasteiger partial charge on any atom is -0.467 e. The van der Waals surface area contributed by atoms with Crippen LogP contribution in [0.4, 0.5) is 0 Å². The van der Waals surface area contributed by atoms with Gasteiger partial charge in [-0.15, -0.1) is 0 Å². The number of esters is 1. The van der Waals surface area contributed by atoms with Crippen LogP contribution in [0.15, 0.2) is 0 Å². The lowest BCUT2D eigenvalue weighted by Gasteiger charge is -2.22. The fourth-order valence-electron chi connectivity index (χ4n) is 1.67. The van der Waals surface area contributed by atoms with Crippen molar-refractivity contribution in [1.29, 1.82) is 0 Å². The zero-order chi connectivity index (χ0) is 12.7. The topological polar surface area (TPSA) is 76.7 Å². The van der Waals surface area contributed by atoms with E-state index in [1.807, 2.05) is 0 Å². The standard InChI is InChI=1S/C11H20N2O4/c1-8(11(15)16-2)13-10(14)7-17-9-3-5-12-6-4-9/h8-9,12H,3-7H2,1-2H3,(H,13,14)/t8-/m0/s1. The Kier molecular flexibility index (Phi) is 5.93. The van der Waals surface area contributed by atoms with E-state index in [0.29, 0.717) is 0 Å². The Morgan fingerprint density at radius 2 is 2.06 bits per heavy atom.